The number of morpholine rings is 1. The largest absolute Gasteiger partial charge is 0.479 e. The minimum Gasteiger partial charge on any atom is -0.479 e. The third kappa shape index (κ3) is 2.88. The second-order valence-corrected chi connectivity index (χ2v) is 5.76. The molecule has 0 saturated carbocycles. The van der Waals surface area contributed by atoms with Gasteiger partial charge in [0, 0.05) is 11.9 Å². The Bertz CT molecular complexity index is 708. The second-order valence-electron chi connectivity index (χ2n) is 4.90. The van der Waals surface area contributed by atoms with Gasteiger partial charge in [-0.25, -0.2) is 9.78 Å². The van der Waals surface area contributed by atoms with E-state index in [0.717, 1.165) is 5.76 Å². The molecule has 1 aliphatic heterocycles. The van der Waals surface area contributed by atoms with Crippen LogP contribution in [0.2, 0.25) is 0 Å². The summed E-state index contributed by atoms with van der Waals surface area (Å²) >= 11 is 1.32. The van der Waals surface area contributed by atoms with Crippen LogP contribution in [0.15, 0.2) is 21.9 Å². The Labute approximate surface area is 130 Å². The fourth-order valence-electron chi connectivity index (χ4n) is 2.18. The topological polar surface area (TPSA) is 92.9 Å². The first kappa shape index (κ1) is 14.7. The zero-order valence-corrected chi connectivity index (χ0v) is 12.6. The van der Waals surface area contributed by atoms with Gasteiger partial charge in [0.05, 0.1) is 13.2 Å². The van der Waals surface area contributed by atoms with Crippen LogP contribution in [0, 0.1) is 6.92 Å². The van der Waals surface area contributed by atoms with Crippen LogP contribution in [-0.4, -0.2) is 52.7 Å². The van der Waals surface area contributed by atoms with E-state index in [1.54, 1.807) is 11.4 Å². The lowest BCUT2D eigenvalue weighted by Crippen LogP contribution is -2.48. The molecule has 0 radical (unpaired) electrons. The Balaban J connectivity index is 1.75. The summed E-state index contributed by atoms with van der Waals surface area (Å²) in [6, 6.07) is 3.63. The van der Waals surface area contributed by atoms with E-state index in [4.69, 9.17) is 14.3 Å². The lowest BCUT2D eigenvalue weighted by molar-refractivity contribution is -0.154. The predicted octanol–water partition coefficient (Wildman–Crippen LogP) is 1.64. The summed E-state index contributed by atoms with van der Waals surface area (Å²) in [6.45, 7) is 2.43. The van der Waals surface area contributed by atoms with E-state index >= 15 is 0 Å². The molecule has 3 heterocycles. The molecule has 7 nitrogen and oxygen atoms in total. The SMILES string of the molecule is Cc1ccc(-c2nc(C(=O)N3CCO[C@@H](C(=O)O)C3)cs2)o1. The molecular weight excluding hydrogens is 308 g/mol. The molecule has 2 aromatic rings. The second kappa shape index (κ2) is 5.90. The molecule has 0 aliphatic carbocycles. The fourth-order valence-corrected chi connectivity index (χ4v) is 2.93. The van der Waals surface area contributed by atoms with Crippen molar-refractivity contribution in [1.29, 1.82) is 0 Å². The molecule has 1 saturated heterocycles. The first-order valence-corrected chi connectivity index (χ1v) is 7.58. The van der Waals surface area contributed by atoms with Crippen molar-refractivity contribution in [1.82, 2.24) is 9.88 Å². The molecule has 0 spiro atoms. The molecule has 0 bridgehead atoms. The Morgan fingerprint density at radius 2 is 2.27 bits per heavy atom. The molecule has 1 N–H and O–H groups in total. The van der Waals surface area contributed by atoms with Crippen LogP contribution < -0.4 is 0 Å². The summed E-state index contributed by atoms with van der Waals surface area (Å²) in [4.78, 5) is 29.1. The molecule has 1 fully saturated rings. The molecule has 0 aromatic carbocycles. The minimum atomic E-state index is -1.07. The number of hydrogen-bond acceptors (Lipinski definition) is 6. The number of aryl methyl sites for hydroxylation is 1. The lowest BCUT2D eigenvalue weighted by atomic mass is 10.2. The number of furan rings is 1. The molecule has 2 aromatic heterocycles. The number of carbonyl (C=O) groups excluding carboxylic acids is 1. The van der Waals surface area contributed by atoms with Crippen molar-refractivity contribution >= 4 is 23.2 Å². The van der Waals surface area contributed by atoms with Crippen molar-refractivity contribution in [2.75, 3.05) is 19.7 Å². The quantitative estimate of drug-likeness (QED) is 0.923. The third-order valence-electron chi connectivity index (χ3n) is 3.30. The zero-order chi connectivity index (χ0) is 15.7. The normalized spacial score (nSPS) is 18.4. The molecule has 3 rings (SSSR count). The molecule has 1 atom stereocenters. The Hall–Kier alpha value is -2.19. The third-order valence-corrected chi connectivity index (χ3v) is 4.16. The van der Waals surface area contributed by atoms with Crippen molar-refractivity contribution in [3.8, 4) is 10.8 Å². The van der Waals surface area contributed by atoms with Crippen LogP contribution in [0.5, 0.6) is 0 Å². The summed E-state index contributed by atoms with van der Waals surface area (Å²) in [5, 5.41) is 11.3. The number of aromatic nitrogens is 1. The van der Waals surface area contributed by atoms with Crippen molar-refractivity contribution in [3.63, 3.8) is 0 Å². The number of amides is 1. The maximum Gasteiger partial charge on any atom is 0.334 e. The summed E-state index contributed by atoms with van der Waals surface area (Å²) in [7, 11) is 0. The molecule has 116 valence electrons. The van der Waals surface area contributed by atoms with E-state index in [2.05, 4.69) is 4.98 Å². The Kier molecular flexibility index (Phi) is 3.95. The van der Waals surface area contributed by atoms with Crippen LogP contribution in [0.1, 0.15) is 16.2 Å². The smallest absolute Gasteiger partial charge is 0.334 e. The highest BCUT2D eigenvalue weighted by Gasteiger charge is 2.30. The predicted molar refractivity (Wildman–Crippen MR) is 77.8 cm³/mol. The summed E-state index contributed by atoms with van der Waals surface area (Å²) < 4.78 is 10.6. The van der Waals surface area contributed by atoms with Gasteiger partial charge in [-0.3, -0.25) is 4.79 Å². The first-order chi connectivity index (χ1) is 10.5. The van der Waals surface area contributed by atoms with Gasteiger partial charge in [-0.1, -0.05) is 0 Å². The number of hydrogen-bond donors (Lipinski definition) is 1. The van der Waals surface area contributed by atoms with E-state index in [-0.39, 0.29) is 19.1 Å². The number of carboxylic acids is 1. The average molecular weight is 322 g/mol. The maximum atomic E-state index is 12.4. The van der Waals surface area contributed by atoms with Crippen molar-refractivity contribution in [3.05, 3.63) is 29.0 Å². The van der Waals surface area contributed by atoms with Gasteiger partial charge in [0.1, 0.15) is 11.5 Å². The number of ether oxygens (including phenoxy) is 1. The fraction of sp³-hybridized carbons (Fsp3) is 0.357. The number of nitrogens with zero attached hydrogens (tertiary/aromatic N) is 2. The summed E-state index contributed by atoms with van der Waals surface area (Å²) in [6.07, 6.45) is -0.983. The van der Waals surface area contributed by atoms with Gasteiger partial charge in [-0.05, 0) is 19.1 Å². The van der Waals surface area contributed by atoms with Crippen LogP contribution in [0.25, 0.3) is 10.8 Å². The highest BCUT2D eigenvalue weighted by Crippen LogP contribution is 2.26. The highest BCUT2D eigenvalue weighted by molar-refractivity contribution is 7.13. The van der Waals surface area contributed by atoms with Gasteiger partial charge < -0.3 is 19.2 Å². The zero-order valence-electron chi connectivity index (χ0n) is 11.8. The number of carboxylic acid groups (broad SMARTS) is 1. The van der Waals surface area contributed by atoms with Gasteiger partial charge in [0.25, 0.3) is 5.91 Å². The lowest BCUT2D eigenvalue weighted by Gasteiger charge is -2.30. The van der Waals surface area contributed by atoms with Crippen LogP contribution in [0.4, 0.5) is 0 Å². The number of aliphatic carboxylic acids is 1. The van der Waals surface area contributed by atoms with Crippen molar-refractivity contribution in [2.24, 2.45) is 0 Å². The van der Waals surface area contributed by atoms with E-state index in [9.17, 15) is 9.59 Å². The maximum absolute atomic E-state index is 12.4. The van der Waals surface area contributed by atoms with Crippen molar-refractivity contribution in [2.45, 2.75) is 13.0 Å². The van der Waals surface area contributed by atoms with Gasteiger partial charge in [-0.15, -0.1) is 11.3 Å². The molecule has 1 amide bonds. The number of rotatable bonds is 3. The van der Waals surface area contributed by atoms with E-state index in [0.29, 0.717) is 23.0 Å². The van der Waals surface area contributed by atoms with Gasteiger partial charge in [-0.2, -0.15) is 0 Å². The first-order valence-electron chi connectivity index (χ1n) is 6.70. The van der Waals surface area contributed by atoms with Gasteiger partial charge in [0.2, 0.25) is 0 Å². The van der Waals surface area contributed by atoms with Crippen molar-refractivity contribution < 1.29 is 23.8 Å². The molecule has 22 heavy (non-hydrogen) atoms. The van der Waals surface area contributed by atoms with Gasteiger partial charge >= 0.3 is 5.97 Å². The number of thiazole rings is 1. The van der Waals surface area contributed by atoms with Crippen LogP contribution in [-0.2, 0) is 9.53 Å². The molecule has 1 aliphatic rings. The minimum absolute atomic E-state index is 0.0287. The summed E-state index contributed by atoms with van der Waals surface area (Å²) in [5.74, 6) is 0.0327. The van der Waals surface area contributed by atoms with Gasteiger partial charge in [0.15, 0.2) is 16.9 Å². The van der Waals surface area contributed by atoms with E-state index in [1.165, 1.54) is 16.2 Å². The standard InChI is InChI=1S/C14H14N2O5S/c1-8-2-3-10(21-8)12-15-9(7-22-12)13(17)16-4-5-20-11(6-16)14(18)19/h2-3,7,11H,4-6H2,1H3,(H,18,19)/t11-/m1/s1. The average Bonchev–Trinajstić information content (AvgIpc) is 3.15. The Morgan fingerprint density at radius 1 is 1.45 bits per heavy atom. The Morgan fingerprint density at radius 3 is 2.95 bits per heavy atom. The highest BCUT2D eigenvalue weighted by atomic mass is 32.1. The van der Waals surface area contributed by atoms with E-state index in [1.807, 2.05) is 13.0 Å². The number of carbonyl (C=O) groups is 2. The molecule has 0 unspecified atom stereocenters. The molecule has 8 heteroatoms. The van der Waals surface area contributed by atoms with E-state index < -0.39 is 12.1 Å². The van der Waals surface area contributed by atoms with Crippen LogP contribution in [0.3, 0.4) is 0 Å². The molecular formula is C14H14N2O5S. The van der Waals surface area contributed by atoms with Crippen LogP contribution >= 0.6 is 11.3 Å². The summed E-state index contributed by atoms with van der Waals surface area (Å²) in [5.41, 5.74) is 0.292. The monoisotopic (exact) mass is 322 g/mol.